The van der Waals surface area contributed by atoms with Gasteiger partial charge in [0.2, 0.25) is 10.0 Å². The van der Waals surface area contributed by atoms with Gasteiger partial charge >= 0.3 is 0 Å². The van der Waals surface area contributed by atoms with Crippen molar-refractivity contribution in [2.45, 2.75) is 26.1 Å². The van der Waals surface area contributed by atoms with Crippen LogP contribution in [0, 0.1) is 5.82 Å². The van der Waals surface area contributed by atoms with Gasteiger partial charge in [0, 0.05) is 18.7 Å². The molecule has 0 saturated carbocycles. The average Bonchev–Trinajstić information content (AvgIpc) is 2.74. The summed E-state index contributed by atoms with van der Waals surface area (Å²) in [4.78, 5) is 15.3. The van der Waals surface area contributed by atoms with Crippen molar-refractivity contribution in [1.82, 2.24) is 4.90 Å². The maximum atomic E-state index is 14.0. The molecule has 5 nitrogen and oxygen atoms in total. The number of ketones is 1. The topological polar surface area (TPSA) is 66.5 Å². The summed E-state index contributed by atoms with van der Waals surface area (Å²) in [6, 6.07) is 22.9. The van der Waals surface area contributed by atoms with E-state index in [2.05, 4.69) is 4.72 Å². The van der Waals surface area contributed by atoms with Crippen molar-refractivity contribution in [3.8, 4) is 0 Å². The van der Waals surface area contributed by atoms with Crippen molar-refractivity contribution in [3.05, 3.63) is 101 Å². The zero-order valence-electron chi connectivity index (χ0n) is 17.9. The fraction of sp³-hybridized carbons (Fsp3) is 0.208. The van der Waals surface area contributed by atoms with E-state index in [-0.39, 0.29) is 29.4 Å². The van der Waals surface area contributed by atoms with Gasteiger partial charge in [0.05, 0.1) is 18.0 Å². The Morgan fingerprint density at radius 2 is 1.44 bits per heavy atom. The lowest BCUT2D eigenvalue weighted by Crippen LogP contribution is -2.38. The molecule has 0 heterocycles. The number of rotatable bonds is 9. The maximum Gasteiger partial charge on any atom is 0.229 e. The van der Waals surface area contributed by atoms with Crippen LogP contribution in [-0.2, 0) is 23.1 Å². The van der Waals surface area contributed by atoms with Crippen LogP contribution >= 0.6 is 12.4 Å². The van der Waals surface area contributed by atoms with Crippen LogP contribution in [0.5, 0.6) is 0 Å². The van der Waals surface area contributed by atoms with Gasteiger partial charge in [0.25, 0.3) is 0 Å². The second kappa shape index (κ2) is 11.2. The van der Waals surface area contributed by atoms with Crippen LogP contribution in [-0.4, -0.2) is 31.4 Å². The van der Waals surface area contributed by atoms with Gasteiger partial charge in [-0.15, -0.1) is 12.4 Å². The summed E-state index contributed by atoms with van der Waals surface area (Å²) in [5, 5.41) is 0. The van der Waals surface area contributed by atoms with Gasteiger partial charge < -0.3 is 0 Å². The molecule has 3 aromatic rings. The molecule has 170 valence electrons. The Balaban J connectivity index is 0.00000363. The number of anilines is 1. The zero-order chi connectivity index (χ0) is 22.4. The minimum atomic E-state index is -3.67. The summed E-state index contributed by atoms with van der Waals surface area (Å²) in [5.74, 6) is -0.955. The number of carbonyl (C=O) groups is 1. The highest BCUT2D eigenvalue weighted by Gasteiger charge is 2.24. The number of hydrogen-bond donors (Lipinski definition) is 1. The molecule has 1 N–H and O–H groups in total. The summed E-state index contributed by atoms with van der Waals surface area (Å²) in [7, 11) is -3.67. The summed E-state index contributed by atoms with van der Waals surface area (Å²) in [6.45, 7) is 2.91. The number of carbonyl (C=O) groups excluding carboxylic acids is 1. The molecular formula is C24H26ClFN2O3S. The maximum absolute atomic E-state index is 14.0. The van der Waals surface area contributed by atoms with Crippen LogP contribution in [0.15, 0.2) is 78.9 Å². The molecular weight excluding hydrogens is 451 g/mol. The van der Waals surface area contributed by atoms with Gasteiger partial charge in [-0.3, -0.25) is 14.4 Å². The van der Waals surface area contributed by atoms with Gasteiger partial charge in [-0.05, 0) is 36.2 Å². The number of halogens is 2. The summed E-state index contributed by atoms with van der Waals surface area (Å²) >= 11 is 0. The van der Waals surface area contributed by atoms with Gasteiger partial charge in [-0.25, -0.2) is 12.8 Å². The van der Waals surface area contributed by atoms with Crippen molar-refractivity contribution >= 4 is 33.9 Å². The van der Waals surface area contributed by atoms with Crippen molar-refractivity contribution in [2.24, 2.45) is 0 Å². The van der Waals surface area contributed by atoms with E-state index in [0.717, 1.165) is 23.4 Å². The standard InChI is InChI=1S/C24H25FN2O3S.ClH/c1-18(24(28)21-13-14-22(25)23(15-21)26-31(2,29)30)27(16-19-9-5-3-6-10-19)17-20-11-7-4-8-12-20;/h3-15,18,26H,16-17H2,1-2H3;1H. The first-order valence-electron chi connectivity index (χ1n) is 9.86. The predicted octanol–water partition coefficient (Wildman–Crippen LogP) is 4.89. The van der Waals surface area contributed by atoms with Crippen LogP contribution in [0.25, 0.3) is 0 Å². The minimum absolute atomic E-state index is 0. The molecule has 8 heteroatoms. The van der Waals surface area contributed by atoms with Gasteiger partial charge in [-0.2, -0.15) is 0 Å². The minimum Gasteiger partial charge on any atom is -0.292 e. The summed E-state index contributed by atoms with van der Waals surface area (Å²) in [6.07, 6.45) is 0.936. The monoisotopic (exact) mass is 476 g/mol. The summed E-state index contributed by atoms with van der Waals surface area (Å²) < 4.78 is 39.2. The molecule has 1 atom stereocenters. The second-order valence-corrected chi connectivity index (χ2v) is 9.23. The van der Waals surface area contributed by atoms with E-state index in [0.29, 0.717) is 13.1 Å². The highest BCUT2D eigenvalue weighted by Crippen LogP contribution is 2.21. The molecule has 0 radical (unpaired) electrons. The van der Waals surface area contributed by atoms with E-state index >= 15 is 0 Å². The lowest BCUT2D eigenvalue weighted by atomic mass is 10.0. The molecule has 1 unspecified atom stereocenters. The van der Waals surface area contributed by atoms with Crippen LogP contribution in [0.2, 0.25) is 0 Å². The molecule has 0 spiro atoms. The largest absolute Gasteiger partial charge is 0.292 e. The molecule has 0 bridgehead atoms. The Kier molecular flexibility index (Phi) is 8.95. The molecule has 32 heavy (non-hydrogen) atoms. The second-order valence-electron chi connectivity index (χ2n) is 7.49. The highest BCUT2D eigenvalue weighted by molar-refractivity contribution is 7.92. The Bertz CT molecular complexity index is 1100. The predicted molar refractivity (Wildman–Crippen MR) is 128 cm³/mol. The number of nitrogens with zero attached hydrogens (tertiary/aromatic N) is 1. The number of sulfonamides is 1. The molecule has 3 rings (SSSR count). The molecule has 0 aliphatic carbocycles. The molecule has 3 aromatic carbocycles. The Morgan fingerprint density at radius 1 is 0.938 bits per heavy atom. The van der Waals surface area contributed by atoms with Crippen LogP contribution in [0.3, 0.4) is 0 Å². The van der Waals surface area contributed by atoms with Crippen LogP contribution in [0.1, 0.15) is 28.4 Å². The third-order valence-corrected chi connectivity index (χ3v) is 5.52. The molecule has 0 aliphatic rings. The fourth-order valence-corrected chi connectivity index (χ4v) is 3.89. The number of Topliss-reactive ketones (excluding diaryl/α,β-unsaturated/α-hetero) is 1. The van der Waals surface area contributed by atoms with Crippen molar-refractivity contribution in [1.29, 1.82) is 0 Å². The zero-order valence-corrected chi connectivity index (χ0v) is 19.5. The number of benzene rings is 3. The fourth-order valence-electron chi connectivity index (χ4n) is 3.33. The molecule has 0 fully saturated rings. The van der Waals surface area contributed by atoms with Crippen LogP contribution < -0.4 is 4.72 Å². The van der Waals surface area contributed by atoms with Crippen molar-refractivity contribution < 1.29 is 17.6 Å². The molecule has 0 saturated heterocycles. The quantitative estimate of drug-likeness (QED) is 0.446. The lowest BCUT2D eigenvalue weighted by Gasteiger charge is -2.28. The number of hydrogen-bond acceptors (Lipinski definition) is 4. The van der Waals surface area contributed by atoms with E-state index < -0.39 is 21.9 Å². The SMILES string of the molecule is CC(C(=O)c1ccc(F)c(NS(C)(=O)=O)c1)N(Cc1ccccc1)Cc1ccccc1.Cl. The Morgan fingerprint density at radius 3 is 1.91 bits per heavy atom. The smallest absolute Gasteiger partial charge is 0.229 e. The first-order chi connectivity index (χ1) is 14.7. The van der Waals surface area contributed by atoms with Gasteiger partial charge in [-0.1, -0.05) is 60.7 Å². The normalized spacial score (nSPS) is 12.1. The van der Waals surface area contributed by atoms with E-state index in [4.69, 9.17) is 0 Å². The van der Waals surface area contributed by atoms with Gasteiger partial charge in [0.15, 0.2) is 5.78 Å². The Hall–Kier alpha value is -2.74. The first-order valence-corrected chi connectivity index (χ1v) is 11.8. The van der Waals surface area contributed by atoms with Crippen molar-refractivity contribution in [2.75, 3.05) is 11.0 Å². The number of nitrogens with one attached hydrogen (secondary N) is 1. The lowest BCUT2D eigenvalue weighted by molar-refractivity contribution is 0.0816. The van der Waals surface area contributed by atoms with Crippen molar-refractivity contribution in [3.63, 3.8) is 0 Å². The molecule has 0 amide bonds. The summed E-state index contributed by atoms with van der Waals surface area (Å²) in [5.41, 5.74) is 2.14. The van der Waals surface area contributed by atoms with E-state index in [1.165, 1.54) is 12.1 Å². The first kappa shape index (κ1) is 25.5. The van der Waals surface area contributed by atoms with E-state index in [1.807, 2.05) is 65.6 Å². The molecule has 0 aliphatic heterocycles. The van der Waals surface area contributed by atoms with Gasteiger partial charge in [0.1, 0.15) is 5.82 Å². The van der Waals surface area contributed by atoms with E-state index in [9.17, 15) is 17.6 Å². The van der Waals surface area contributed by atoms with E-state index in [1.54, 1.807) is 6.92 Å². The molecule has 0 aromatic heterocycles. The average molecular weight is 477 g/mol. The van der Waals surface area contributed by atoms with Crippen LogP contribution in [0.4, 0.5) is 10.1 Å². The highest BCUT2D eigenvalue weighted by atomic mass is 35.5. The third kappa shape index (κ3) is 7.15. The Labute approximate surface area is 194 Å². The third-order valence-electron chi connectivity index (χ3n) is 4.93.